The average molecular weight is 466 g/mol. The average Bonchev–Trinajstić information content (AvgIpc) is 2.76. The van der Waals surface area contributed by atoms with Gasteiger partial charge in [0.2, 0.25) is 17.7 Å². The fraction of sp³-hybridized carbons (Fsp3) is 0.545. The standard InChI is InChI=1S/C22H35N5O6/c1-13(25-20(30)16(24)10-6-7-11-23)19(29)27-18(14(2)28)21(31)26-17(22(32)33)12-15-8-4-3-5-9-15/h3-5,8-9,13-14,16-18,28H,6-7,10-12,23-24H2,1-2H3,(H,25,30)(H,26,31)(H,27,29)(H,32,33). The third kappa shape index (κ3) is 9.98. The topological polar surface area (TPSA) is 197 Å². The van der Waals surface area contributed by atoms with Crippen LogP contribution in [0.25, 0.3) is 0 Å². The van der Waals surface area contributed by atoms with Gasteiger partial charge in [-0.15, -0.1) is 0 Å². The highest BCUT2D eigenvalue weighted by Gasteiger charge is 2.31. The van der Waals surface area contributed by atoms with Gasteiger partial charge in [0, 0.05) is 6.42 Å². The molecule has 5 unspecified atom stereocenters. The summed E-state index contributed by atoms with van der Waals surface area (Å²) in [5, 5.41) is 26.6. The Morgan fingerprint density at radius 1 is 0.939 bits per heavy atom. The zero-order valence-corrected chi connectivity index (χ0v) is 19.0. The summed E-state index contributed by atoms with van der Waals surface area (Å²) < 4.78 is 0. The normalized spacial score (nSPS) is 15.4. The predicted octanol–water partition coefficient (Wildman–Crippen LogP) is -1.37. The summed E-state index contributed by atoms with van der Waals surface area (Å²) >= 11 is 0. The number of carboxylic acid groups (broad SMARTS) is 1. The first kappa shape index (κ1) is 28.0. The minimum absolute atomic E-state index is 0.0247. The Bertz CT molecular complexity index is 789. The number of rotatable bonds is 14. The summed E-state index contributed by atoms with van der Waals surface area (Å²) in [6.07, 6.45) is 0.514. The number of aliphatic hydroxyl groups is 1. The van der Waals surface area contributed by atoms with E-state index in [0.717, 1.165) is 6.42 Å². The van der Waals surface area contributed by atoms with Crippen LogP contribution in [-0.2, 0) is 25.6 Å². The van der Waals surface area contributed by atoms with E-state index >= 15 is 0 Å². The van der Waals surface area contributed by atoms with Gasteiger partial charge in [-0.2, -0.15) is 0 Å². The number of carboxylic acids is 1. The molecule has 0 aliphatic heterocycles. The molecule has 0 spiro atoms. The molecule has 0 aliphatic carbocycles. The van der Waals surface area contributed by atoms with Gasteiger partial charge in [0.05, 0.1) is 12.1 Å². The van der Waals surface area contributed by atoms with Crippen LogP contribution in [-0.4, -0.2) is 70.7 Å². The van der Waals surface area contributed by atoms with Crippen molar-refractivity contribution in [3.63, 3.8) is 0 Å². The quantitative estimate of drug-likeness (QED) is 0.163. The Labute approximate surface area is 193 Å². The predicted molar refractivity (Wildman–Crippen MR) is 122 cm³/mol. The van der Waals surface area contributed by atoms with E-state index in [1.54, 1.807) is 30.3 Å². The molecule has 0 saturated heterocycles. The maximum Gasteiger partial charge on any atom is 0.326 e. The summed E-state index contributed by atoms with van der Waals surface area (Å²) in [6, 6.07) is 4.19. The van der Waals surface area contributed by atoms with Crippen molar-refractivity contribution in [2.24, 2.45) is 11.5 Å². The van der Waals surface area contributed by atoms with E-state index in [-0.39, 0.29) is 6.42 Å². The fourth-order valence-electron chi connectivity index (χ4n) is 3.02. The van der Waals surface area contributed by atoms with Gasteiger partial charge in [0.1, 0.15) is 18.1 Å². The van der Waals surface area contributed by atoms with Crippen LogP contribution in [0.2, 0.25) is 0 Å². The van der Waals surface area contributed by atoms with Crippen LogP contribution in [0.15, 0.2) is 30.3 Å². The summed E-state index contributed by atoms with van der Waals surface area (Å²) in [7, 11) is 0. The van der Waals surface area contributed by atoms with Gasteiger partial charge in [0.25, 0.3) is 0 Å². The number of aliphatic carboxylic acids is 1. The van der Waals surface area contributed by atoms with Crippen molar-refractivity contribution < 1.29 is 29.4 Å². The molecule has 1 aromatic rings. The first-order chi connectivity index (χ1) is 15.6. The van der Waals surface area contributed by atoms with E-state index in [4.69, 9.17) is 11.5 Å². The number of nitrogens with one attached hydrogen (secondary N) is 3. The molecule has 11 nitrogen and oxygen atoms in total. The molecule has 0 aliphatic rings. The lowest BCUT2D eigenvalue weighted by molar-refractivity contribution is -0.143. The molecule has 5 atom stereocenters. The second kappa shape index (κ2) is 14.2. The molecule has 184 valence electrons. The largest absolute Gasteiger partial charge is 0.480 e. The molecule has 1 rings (SSSR count). The second-order valence-corrected chi connectivity index (χ2v) is 7.94. The zero-order chi connectivity index (χ0) is 25.0. The van der Waals surface area contributed by atoms with E-state index in [1.807, 2.05) is 0 Å². The number of amides is 3. The van der Waals surface area contributed by atoms with Crippen LogP contribution in [0.4, 0.5) is 0 Å². The van der Waals surface area contributed by atoms with Gasteiger partial charge in [-0.25, -0.2) is 4.79 Å². The lowest BCUT2D eigenvalue weighted by Crippen LogP contribution is -2.59. The number of unbranched alkanes of at least 4 members (excludes halogenated alkanes) is 1. The number of carbonyl (C=O) groups is 4. The molecule has 0 radical (unpaired) electrons. The van der Waals surface area contributed by atoms with Crippen molar-refractivity contribution in [2.75, 3.05) is 6.54 Å². The first-order valence-corrected chi connectivity index (χ1v) is 10.9. The van der Waals surface area contributed by atoms with Crippen molar-refractivity contribution in [2.45, 2.75) is 69.8 Å². The smallest absolute Gasteiger partial charge is 0.326 e. The maximum absolute atomic E-state index is 12.7. The first-order valence-electron chi connectivity index (χ1n) is 10.9. The molecule has 33 heavy (non-hydrogen) atoms. The number of hydrogen-bond donors (Lipinski definition) is 7. The number of carbonyl (C=O) groups excluding carboxylic acids is 3. The van der Waals surface area contributed by atoms with Crippen LogP contribution >= 0.6 is 0 Å². The Morgan fingerprint density at radius 2 is 1.58 bits per heavy atom. The lowest BCUT2D eigenvalue weighted by Gasteiger charge is -2.25. The highest BCUT2D eigenvalue weighted by atomic mass is 16.4. The molecule has 3 amide bonds. The van der Waals surface area contributed by atoms with E-state index in [9.17, 15) is 29.4 Å². The molecule has 9 N–H and O–H groups in total. The second-order valence-electron chi connectivity index (χ2n) is 7.94. The molecule has 0 heterocycles. The Morgan fingerprint density at radius 3 is 2.12 bits per heavy atom. The van der Waals surface area contributed by atoms with Gasteiger partial charge in [0.15, 0.2) is 0 Å². The number of hydrogen-bond acceptors (Lipinski definition) is 7. The summed E-state index contributed by atoms with van der Waals surface area (Å²) in [5.74, 6) is -3.37. The molecule has 0 bridgehead atoms. The summed E-state index contributed by atoms with van der Waals surface area (Å²) in [6.45, 7) is 3.18. The third-order valence-corrected chi connectivity index (χ3v) is 5.02. The van der Waals surface area contributed by atoms with Crippen molar-refractivity contribution in [3.8, 4) is 0 Å². The van der Waals surface area contributed by atoms with Gasteiger partial charge in [-0.3, -0.25) is 14.4 Å². The SMILES string of the molecule is CC(NC(=O)C(N)CCCCN)C(=O)NC(C(=O)NC(Cc1ccccc1)C(=O)O)C(C)O. The van der Waals surface area contributed by atoms with Crippen molar-refractivity contribution in [3.05, 3.63) is 35.9 Å². The van der Waals surface area contributed by atoms with Gasteiger partial charge in [-0.05, 0) is 38.8 Å². The lowest BCUT2D eigenvalue weighted by atomic mass is 10.0. The summed E-state index contributed by atoms with van der Waals surface area (Å²) in [4.78, 5) is 48.9. The Hall–Kier alpha value is -3.02. The van der Waals surface area contributed by atoms with Crippen LogP contribution in [0, 0.1) is 0 Å². The monoisotopic (exact) mass is 465 g/mol. The van der Waals surface area contributed by atoms with E-state index < -0.39 is 54.0 Å². The van der Waals surface area contributed by atoms with Crippen LogP contribution in [0.3, 0.4) is 0 Å². The highest BCUT2D eigenvalue weighted by Crippen LogP contribution is 2.05. The van der Waals surface area contributed by atoms with E-state index in [0.29, 0.717) is 24.9 Å². The Kier molecular flexibility index (Phi) is 12.0. The van der Waals surface area contributed by atoms with Crippen molar-refractivity contribution in [1.82, 2.24) is 16.0 Å². The molecular weight excluding hydrogens is 430 g/mol. The van der Waals surface area contributed by atoms with Crippen molar-refractivity contribution in [1.29, 1.82) is 0 Å². The number of aliphatic hydroxyl groups excluding tert-OH is 1. The van der Waals surface area contributed by atoms with Gasteiger partial charge >= 0.3 is 5.97 Å². The number of benzene rings is 1. The number of nitrogens with two attached hydrogens (primary N) is 2. The molecule has 0 aromatic heterocycles. The van der Waals surface area contributed by atoms with E-state index in [2.05, 4.69) is 16.0 Å². The molecule has 11 heteroatoms. The highest BCUT2D eigenvalue weighted by molar-refractivity contribution is 5.94. The Balaban J connectivity index is 2.72. The van der Waals surface area contributed by atoms with Gasteiger partial charge < -0.3 is 37.6 Å². The molecule has 0 saturated carbocycles. The van der Waals surface area contributed by atoms with Crippen molar-refractivity contribution >= 4 is 23.7 Å². The zero-order valence-electron chi connectivity index (χ0n) is 19.0. The molecular formula is C22H35N5O6. The van der Waals surface area contributed by atoms with Crippen LogP contribution in [0.1, 0.15) is 38.7 Å². The minimum atomic E-state index is -1.42. The molecule has 1 aromatic carbocycles. The van der Waals surface area contributed by atoms with Crippen LogP contribution in [0.5, 0.6) is 0 Å². The minimum Gasteiger partial charge on any atom is -0.480 e. The summed E-state index contributed by atoms with van der Waals surface area (Å²) in [5.41, 5.74) is 11.9. The maximum atomic E-state index is 12.7. The van der Waals surface area contributed by atoms with Gasteiger partial charge in [-0.1, -0.05) is 36.8 Å². The van der Waals surface area contributed by atoms with E-state index in [1.165, 1.54) is 13.8 Å². The van der Waals surface area contributed by atoms with Crippen LogP contribution < -0.4 is 27.4 Å². The molecule has 0 fully saturated rings. The fourth-order valence-corrected chi connectivity index (χ4v) is 3.02. The third-order valence-electron chi connectivity index (χ3n) is 5.02.